The van der Waals surface area contributed by atoms with Crippen molar-refractivity contribution in [3.05, 3.63) is 0 Å². The zero-order valence-electron chi connectivity index (χ0n) is 7.58. The molecule has 0 unspecified atom stereocenters. The van der Waals surface area contributed by atoms with Crippen LogP contribution < -0.4 is 10.6 Å². The van der Waals surface area contributed by atoms with Gasteiger partial charge in [0.15, 0.2) is 0 Å². The fraction of sp³-hybridized carbons (Fsp3) is 0.875. The Morgan fingerprint density at radius 2 is 2.31 bits per heavy atom. The average molecular weight is 204 g/mol. The molecule has 2 saturated heterocycles. The first-order valence-corrected chi connectivity index (χ1v) is 5.71. The Kier molecular flexibility index (Phi) is 5.19. The summed E-state index contributed by atoms with van der Waals surface area (Å²) in [4.78, 5) is 10.1. The van der Waals surface area contributed by atoms with Crippen molar-refractivity contribution in [1.29, 1.82) is 0 Å². The minimum Gasteiger partial charge on any atom is -0.480 e. The molecule has 2 fully saturated rings. The largest absolute Gasteiger partial charge is 0.480 e. The lowest BCUT2D eigenvalue weighted by molar-refractivity contribution is -0.139. The summed E-state index contributed by atoms with van der Waals surface area (Å²) in [7, 11) is 0. The number of carboxylic acids is 1. The second-order valence-corrected chi connectivity index (χ2v) is 4.14. The van der Waals surface area contributed by atoms with Crippen molar-refractivity contribution in [2.45, 2.75) is 18.9 Å². The molecule has 76 valence electrons. The van der Waals surface area contributed by atoms with Crippen molar-refractivity contribution in [1.82, 2.24) is 10.6 Å². The summed E-state index contributed by atoms with van der Waals surface area (Å²) >= 11 is 1.96. The molecule has 2 aliphatic rings. The molecular formula is C8H16N2O2S. The maximum Gasteiger partial charge on any atom is 0.320 e. The number of hydrogen-bond donors (Lipinski definition) is 3. The van der Waals surface area contributed by atoms with Gasteiger partial charge in [-0.05, 0) is 19.4 Å². The molecule has 13 heavy (non-hydrogen) atoms. The van der Waals surface area contributed by atoms with Crippen LogP contribution in [0.5, 0.6) is 0 Å². The van der Waals surface area contributed by atoms with E-state index in [2.05, 4.69) is 10.6 Å². The smallest absolute Gasteiger partial charge is 0.320 e. The third-order valence-corrected chi connectivity index (χ3v) is 2.89. The first-order chi connectivity index (χ1) is 6.30. The normalized spacial score (nSPS) is 26.6. The van der Waals surface area contributed by atoms with E-state index in [9.17, 15) is 4.79 Å². The fourth-order valence-corrected chi connectivity index (χ4v) is 1.98. The third kappa shape index (κ3) is 4.50. The minimum absolute atomic E-state index is 0.269. The SMILES string of the molecule is C1CSCN1.O=C(O)[C@@H]1CCCN1. The standard InChI is InChI=1S/C5H9NO2.C3H7NS/c7-5(8)4-2-1-3-6-4;1-2-5-3-4-1/h4,6H,1-3H2,(H,7,8);4H,1-3H2/t4-;/m0./s1. The van der Waals surface area contributed by atoms with Gasteiger partial charge in [-0.25, -0.2) is 0 Å². The van der Waals surface area contributed by atoms with Crippen molar-refractivity contribution in [3.8, 4) is 0 Å². The van der Waals surface area contributed by atoms with Crippen LogP contribution in [0.25, 0.3) is 0 Å². The van der Waals surface area contributed by atoms with Crippen LogP contribution in [0.4, 0.5) is 0 Å². The number of nitrogens with one attached hydrogen (secondary N) is 2. The molecule has 0 bridgehead atoms. The Morgan fingerprint density at radius 3 is 2.54 bits per heavy atom. The summed E-state index contributed by atoms with van der Waals surface area (Å²) in [5.41, 5.74) is 0. The molecule has 4 nitrogen and oxygen atoms in total. The maximum absolute atomic E-state index is 10.1. The highest BCUT2D eigenvalue weighted by atomic mass is 32.2. The average Bonchev–Trinajstić information content (AvgIpc) is 2.82. The molecule has 2 rings (SSSR count). The quantitative estimate of drug-likeness (QED) is 0.565. The summed E-state index contributed by atoms with van der Waals surface area (Å²) in [6.45, 7) is 2.07. The Bertz CT molecular complexity index is 149. The van der Waals surface area contributed by atoms with Gasteiger partial charge in [-0.3, -0.25) is 4.79 Å². The first-order valence-electron chi connectivity index (χ1n) is 4.55. The number of carboxylic acid groups (broad SMARTS) is 1. The molecule has 3 N–H and O–H groups in total. The van der Waals surface area contributed by atoms with Crippen molar-refractivity contribution in [2.75, 3.05) is 24.7 Å². The maximum atomic E-state index is 10.1. The van der Waals surface area contributed by atoms with Crippen molar-refractivity contribution < 1.29 is 9.90 Å². The molecular weight excluding hydrogens is 188 g/mol. The molecule has 0 spiro atoms. The van der Waals surface area contributed by atoms with Crippen LogP contribution in [0, 0.1) is 0 Å². The highest BCUT2D eigenvalue weighted by Crippen LogP contribution is 2.03. The lowest BCUT2D eigenvalue weighted by atomic mass is 10.2. The third-order valence-electron chi connectivity index (χ3n) is 1.99. The monoisotopic (exact) mass is 204 g/mol. The lowest BCUT2D eigenvalue weighted by Gasteiger charge is -1.99. The number of hydrogen-bond acceptors (Lipinski definition) is 4. The number of rotatable bonds is 1. The van der Waals surface area contributed by atoms with E-state index in [0.717, 1.165) is 19.4 Å². The van der Waals surface area contributed by atoms with E-state index in [0.29, 0.717) is 0 Å². The second-order valence-electron chi connectivity index (χ2n) is 3.04. The van der Waals surface area contributed by atoms with Gasteiger partial charge in [-0.2, -0.15) is 0 Å². The highest BCUT2D eigenvalue weighted by Gasteiger charge is 2.20. The van der Waals surface area contributed by atoms with Crippen molar-refractivity contribution >= 4 is 17.7 Å². The zero-order chi connectivity index (χ0) is 9.52. The Balaban J connectivity index is 0.000000145. The number of carbonyl (C=O) groups is 1. The molecule has 0 aromatic rings. The van der Waals surface area contributed by atoms with Gasteiger partial charge < -0.3 is 15.7 Å². The summed E-state index contributed by atoms with van der Waals surface area (Å²) in [5, 5.41) is 14.4. The Hall–Kier alpha value is -0.260. The van der Waals surface area contributed by atoms with Crippen LogP contribution in [0.2, 0.25) is 0 Å². The molecule has 0 saturated carbocycles. The van der Waals surface area contributed by atoms with Gasteiger partial charge in [0.2, 0.25) is 0 Å². The molecule has 0 amide bonds. The first kappa shape index (κ1) is 10.8. The Labute approximate surface area is 82.5 Å². The van der Waals surface area contributed by atoms with Crippen LogP contribution >= 0.6 is 11.8 Å². The topological polar surface area (TPSA) is 61.4 Å². The minimum atomic E-state index is -0.720. The molecule has 5 heteroatoms. The molecule has 2 heterocycles. The van der Waals surface area contributed by atoms with E-state index in [1.165, 1.54) is 18.2 Å². The molecule has 2 aliphatic heterocycles. The van der Waals surface area contributed by atoms with E-state index in [1.807, 2.05) is 11.8 Å². The van der Waals surface area contributed by atoms with Crippen LogP contribution in [0.15, 0.2) is 0 Å². The van der Waals surface area contributed by atoms with Gasteiger partial charge >= 0.3 is 5.97 Å². The van der Waals surface area contributed by atoms with Crippen LogP contribution in [-0.4, -0.2) is 41.8 Å². The molecule has 0 aliphatic carbocycles. The van der Waals surface area contributed by atoms with Gasteiger partial charge in [0.1, 0.15) is 6.04 Å². The van der Waals surface area contributed by atoms with E-state index in [-0.39, 0.29) is 6.04 Å². The van der Waals surface area contributed by atoms with E-state index >= 15 is 0 Å². The van der Waals surface area contributed by atoms with E-state index < -0.39 is 5.97 Å². The van der Waals surface area contributed by atoms with Crippen LogP contribution in [-0.2, 0) is 4.79 Å². The summed E-state index contributed by atoms with van der Waals surface area (Å²) < 4.78 is 0. The summed E-state index contributed by atoms with van der Waals surface area (Å²) in [6.07, 6.45) is 1.78. The summed E-state index contributed by atoms with van der Waals surface area (Å²) in [5.74, 6) is 1.75. The van der Waals surface area contributed by atoms with E-state index in [4.69, 9.17) is 5.11 Å². The highest BCUT2D eigenvalue weighted by molar-refractivity contribution is 7.99. The van der Waals surface area contributed by atoms with Gasteiger partial charge in [-0.15, -0.1) is 11.8 Å². The Morgan fingerprint density at radius 1 is 1.46 bits per heavy atom. The predicted molar refractivity (Wildman–Crippen MR) is 54.0 cm³/mol. The van der Waals surface area contributed by atoms with E-state index in [1.54, 1.807) is 0 Å². The van der Waals surface area contributed by atoms with Gasteiger partial charge in [0.05, 0.1) is 0 Å². The predicted octanol–water partition coefficient (Wildman–Crippen LogP) is 0.103. The molecule has 1 atom stereocenters. The van der Waals surface area contributed by atoms with Crippen LogP contribution in [0.1, 0.15) is 12.8 Å². The molecule has 0 radical (unpaired) electrons. The second kappa shape index (κ2) is 6.23. The lowest BCUT2D eigenvalue weighted by Crippen LogP contribution is -2.29. The molecule has 0 aromatic heterocycles. The number of thioether (sulfide) groups is 1. The summed E-state index contributed by atoms with van der Waals surface area (Å²) in [6, 6.07) is -0.269. The fourth-order valence-electron chi connectivity index (χ4n) is 1.26. The number of aliphatic carboxylic acids is 1. The van der Waals surface area contributed by atoms with Crippen molar-refractivity contribution in [3.63, 3.8) is 0 Å². The van der Waals surface area contributed by atoms with Gasteiger partial charge in [0, 0.05) is 18.2 Å². The van der Waals surface area contributed by atoms with Crippen molar-refractivity contribution in [2.24, 2.45) is 0 Å². The zero-order valence-corrected chi connectivity index (χ0v) is 8.40. The van der Waals surface area contributed by atoms with Gasteiger partial charge in [-0.1, -0.05) is 0 Å². The van der Waals surface area contributed by atoms with Crippen LogP contribution in [0.3, 0.4) is 0 Å². The van der Waals surface area contributed by atoms with Gasteiger partial charge in [0.25, 0.3) is 0 Å². The molecule has 0 aromatic carbocycles.